The van der Waals surface area contributed by atoms with Gasteiger partial charge in [-0.3, -0.25) is 14.6 Å². The summed E-state index contributed by atoms with van der Waals surface area (Å²) in [6, 6.07) is 9.52. The number of hydrogen-bond donors (Lipinski definition) is 1. The van der Waals surface area contributed by atoms with Crippen molar-refractivity contribution >= 4 is 11.8 Å². The molecule has 0 aliphatic carbocycles. The lowest BCUT2D eigenvalue weighted by Crippen LogP contribution is -2.46. The van der Waals surface area contributed by atoms with E-state index >= 15 is 0 Å². The Hall–Kier alpha value is -2.96. The topological polar surface area (TPSA) is 84.4 Å². The predicted octanol–water partition coefficient (Wildman–Crippen LogP) is 1.67. The van der Waals surface area contributed by atoms with Gasteiger partial charge < -0.3 is 15.0 Å². The molecule has 7 heteroatoms. The number of aromatic nitrogens is 2. The molecule has 0 spiro atoms. The highest BCUT2D eigenvalue weighted by Gasteiger charge is 2.25. The Bertz CT molecular complexity index is 716. The van der Waals surface area contributed by atoms with Crippen LogP contribution in [-0.4, -0.2) is 52.4 Å². The van der Waals surface area contributed by atoms with Crippen LogP contribution in [0.25, 0.3) is 0 Å². The van der Waals surface area contributed by atoms with E-state index < -0.39 is 0 Å². The zero-order valence-electron chi connectivity index (χ0n) is 14.5. The lowest BCUT2D eigenvalue weighted by atomic mass is 10.0. The van der Waals surface area contributed by atoms with Crippen LogP contribution in [0, 0.1) is 0 Å². The highest BCUT2D eigenvalue weighted by atomic mass is 16.5. The number of nitrogens with zero attached hydrogens (tertiary/aromatic N) is 3. The summed E-state index contributed by atoms with van der Waals surface area (Å²) in [5.74, 6) is 0.620. The average molecular weight is 354 g/mol. The van der Waals surface area contributed by atoms with Gasteiger partial charge in [-0.1, -0.05) is 18.2 Å². The maximum atomic E-state index is 12.3. The molecule has 1 aromatic carbocycles. The van der Waals surface area contributed by atoms with Crippen molar-refractivity contribution < 1.29 is 14.3 Å². The first kappa shape index (κ1) is 17.8. The maximum Gasteiger partial charge on any atom is 0.274 e. The van der Waals surface area contributed by atoms with Crippen molar-refractivity contribution in [3.05, 3.63) is 54.6 Å². The molecule has 1 aliphatic rings. The van der Waals surface area contributed by atoms with Gasteiger partial charge in [-0.15, -0.1) is 0 Å². The fourth-order valence-electron chi connectivity index (χ4n) is 2.88. The molecule has 0 bridgehead atoms. The van der Waals surface area contributed by atoms with Crippen molar-refractivity contribution in [3.63, 3.8) is 0 Å². The van der Waals surface area contributed by atoms with Crippen LogP contribution in [0.3, 0.4) is 0 Å². The van der Waals surface area contributed by atoms with Gasteiger partial charge in [-0.05, 0) is 25.0 Å². The third-order valence-corrected chi connectivity index (χ3v) is 4.27. The molecule has 26 heavy (non-hydrogen) atoms. The molecular weight excluding hydrogens is 332 g/mol. The average Bonchev–Trinajstić information content (AvgIpc) is 2.69. The first-order valence-electron chi connectivity index (χ1n) is 8.75. The molecule has 1 fully saturated rings. The normalized spacial score (nSPS) is 14.7. The van der Waals surface area contributed by atoms with Crippen molar-refractivity contribution in [3.8, 4) is 5.75 Å². The Morgan fingerprint density at radius 1 is 1.15 bits per heavy atom. The third-order valence-electron chi connectivity index (χ3n) is 4.27. The number of amides is 2. The second-order valence-electron chi connectivity index (χ2n) is 6.14. The summed E-state index contributed by atoms with van der Waals surface area (Å²) >= 11 is 0. The number of likely N-dealkylation sites (tertiary alicyclic amines) is 1. The summed E-state index contributed by atoms with van der Waals surface area (Å²) in [6.45, 7) is 1.54. The zero-order chi connectivity index (χ0) is 18.2. The Morgan fingerprint density at radius 3 is 2.62 bits per heavy atom. The third kappa shape index (κ3) is 5.02. The van der Waals surface area contributed by atoms with E-state index in [0.717, 1.165) is 18.6 Å². The van der Waals surface area contributed by atoms with Crippen molar-refractivity contribution in [1.29, 1.82) is 0 Å². The minimum absolute atomic E-state index is 0.0281. The van der Waals surface area contributed by atoms with Crippen LogP contribution in [0.1, 0.15) is 29.8 Å². The second-order valence-corrected chi connectivity index (χ2v) is 6.14. The molecule has 0 atom stereocenters. The molecule has 1 aliphatic heterocycles. The molecule has 1 aromatic heterocycles. The van der Waals surface area contributed by atoms with Gasteiger partial charge in [-0.2, -0.15) is 0 Å². The molecule has 0 radical (unpaired) electrons. The number of carbonyl (C=O) groups is 2. The molecule has 0 saturated carbocycles. The second kappa shape index (κ2) is 8.94. The number of piperidine rings is 1. The minimum Gasteiger partial charge on any atom is -0.493 e. The molecule has 0 unspecified atom stereocenters. The van der Waals surface area contributed by atoms with Crippen molar-refractivity contribution in [1.82, 2.24) is 20.2 Å². The van der Waals surface area contributed by atoms with E-state index in [9.17, 15) is 9.59 Å². The van der Waals surface area contributed by atoms with E-state index in [4.69, 9.17) is 4.74 Å². The fourth-order valence-corrected chi connectivity index (χ4v) is 2.88. The van der Waals surface area contributed by atoms with E-state index in [1.165, 1.54) is 12.4 Å². The molecule has 1 N–H and O–H groups in total. The van der Waals surface area contributed by atoms with Crippen molar-refractivity contribution in [2.75, 3.05) is 19.7 Å². The van der Waals surface area contributed by atoms with E-state index in [1.54, 1.807) is 11.1 Å². The molecule has 7 nitrogen and oxygen atoms in total. The van der Waals surface area contributed by atoms with Gasteiger partial charge in [0.1, 0.15) is 11.4 Å². The first-order chi connectivity index (χ1) is 12.7. The van der Waals surface area contributed by atoms with Gasteiger partial charge in [0.15, 0.2) is 0 Å². The predicted molar refractivity (Wildman–Crippen MR) is 95.7 cm³/mol. The summed E-state index contributed by atoms with van der Waals surface area (Å²) in [5, 5.41) is 3.02. The standard InChI is InChI=1S/C19H22N4O3/c24-18(8-13-26-16-4-2-1-3-5-16)22-15-6-11-23(12-7-15)19(25)17-14-20-9-10-21-17/h1-5,9-10,14-15H,6-8,11-13H2,(H,22,24). The number of ether oxygens (including phenoxy) is 1. The van der Waals surface area contributed by atoms with Crippen LogP contribution >= 0.6 is 0 Å². The van der Waals surface area contributed by atoms with Gasteiger partial charge in [0.25, 0.3) is 5.91 Å². The monoisotopic (exact) mass is 354 g/mol. The summed E-state index contributed by atoms with van der Waals surface area (Å²) in [5.41, 5.74) is 0.355. The van der Waals surface area contributed by atoms with Gasteiger partial charge >= 0.3 is 0 Å². The molecular formula is C19H22N4O3. The quantitative estimate of drug-likeness (QED) is 0.853. The lowest BCUT2D eigenvalue weighted by molar-refractivity contribution is -0.122. The maximum absolute atomic E-state index is 12.3. The molecule has 3 rings (SSSR count). The number of rotatable bonds is 6. The largest absolute Gasteiger partial charge is 0.493 e. The lowest BCUT2D eigenvalue weighted by Gasteiger charge is -2.32. The van der Waals surface area contributed by atoms with Crippen LogP contribution in [0.2, 0.25) is 0 Å². The summed E-state index contributed by atoms with van der Waals surface area (Å²) in [4.78, 5) is 34.1. The Balaban J connectivity index is 1.37. The van der Waals surface area contributed by atoms with Crippen molar-refractivity contribution in [2.24, 2.45) is 0 Å². The molecule has 2 aromatic rings. The van der Waals surface area contributed by atoms with E-state index in [2.05, 4.69) is 15.3 Å². The van der Waals surface area contributed by atoms with Crippen LogP contribution in [0.4, 0.5) is 0 Å². The Kier molecular flexibility index (Phi) is 6.14. The summed E-state index contributed by atoms with van der Waals surface area (Å²) < 4.78 is 5.54. The highest BCUT2D eigenvalue weighted by molar-refractivity contribution is 5.92. The molecule has 2 amide bonds. The SMILES string of the molecule is O=C(CCOc1ccccc1)NC1CCN(C(=O)c2cnccn2)CC1. The molecule has 136 valence electrons. The number of hydrogen-bond acceptors (Lipinski definition) is 5. The van der Waals surface area contributed by atoms with Gasteiger partial charge in [-0.25, -0.2) is 4.98 Å². The van der Waals surface area contributed by atoms with Crippen LogP contribution in [-0.2, 0) is 4.79 Å². The fraction of sp³-hybridized carbons (Fsp3) is 0.368. The summed E-state index contributed by atoms with van der Waals surface area (Å²) in [6.07, 6.45) is 6.31. The van der Waals surface area contributed by atoms with E-state index in [0.29, 0.717) is 31.8 Å². The van der Waals surface area contributed by atoms with Crippen molar-refractivity contribution in [2.45, 2.75) is 25.3 Å². The zero-order valence-corrected chi connectivity index (χ0v) is 14.5. The smallest absolute Gasteiger partial charge is 0.274 e. The highest BCUT2D eigenvalue weighted by Crippen LogP contribution is 2.13. The van der Waals surface area contributed by atoms with E-state index in [-0.39, 0.29) is 17.9 Å². The van der Waals surface area contributed by atoms with Crippen LogP contribution in [0.15, 0.2) is 48.9 Å². The number of carbonyl (C=O) groups excluding carboxylic acids is 2. The molecule has 1 saturated heterocycles. The number of para-hydroxylation sites is 1. The Labute approximate surface area is 152 Å². The first-order valence-corrected chi connectivity index (χ1v) is 8.75. The number of benzene rings is 1. The van der Waals surface area contributed by atoms with Crippen LogP contribution < -0.4 is 10.1 Å². The van der Waals surface area contributed by atoms with Crippen LogP contribution in [0.5, 0.6) is 5.75 Å². The molecule has 2 heterocycles. The number of nitrogens with one attached hydrogen (secondary N) is 1. The minimum atomic E-state index is -0.112. The van der Waals surface area contributed by atoms with Gasteiger partial charge in [0.2, 0.25) is 5.91 Å². The van der Waals surface area contributed by atoms with Gasteiger partial charge in [0.05, 0.1) is 19.2 Å². The van der Waals surface area contributed by atoms with Gasteiger partial charge in [0, 0.05) is 31.5 Å². The Morgan fingerprint density at radius 2 is 1.92 bits per heavy atom. The summed E-state index contributed by atoms with van der Waals surface area (Å²) in [7, 11) is 0. The van der Waals surface area contributed by atoms with E-state index in [1.807, 2.05) is 30.3 Å².